The van der Waals surface area contributed by atoms with E-state index in [4.69, 9.17) is 19.1 Å². The first-order valence-electron chi connectivity index (χ1n) is 16.2. The Kier molecular flexibility index (Phi) is 11.0. The largest absolute Gasteiger partial charge is 0.350 e. The van der Waals surface area contributed by atoms with Crippen LogP contribution in [0.1, 0.15) is 67.3 Å². The van der Waals surface area contributed by atoms with E-state index in [2.05, 4.69) is 47.1 Å². The summed E-state index contributed by atoms with van der Waals surface area (Å²) in [5.41, 5.74) is 8.21. The molecule has 15 heteroatoms. The molecule has 5 heterocycles. The fourth-order valence-corrected chi connectivity index (χ4v) is 6.06. The van der Waals surface area contributed by atoms with Gasteiger partial charge in [0.1, 0.15) is 5.52 Å². The number of benzene rings is 1. The molecule has 6 rings (SSSR count). The number of carbonyl (C=O) groups excluding carboxylic acids is 2. The number of fused-ring (bicyclic) bond motifs is 1. The highest BCUT2D eigenvalue weighted by Gasteiger charge is 2.25. The molecule has 3 fully saturated rings. The summed E-state index contributed by atoms with van der Waals surface area (Å²) in [5, 5.41) is 8.37. The number of hydrogen-bond acceptors (Lipinski definition) is 12. The van der Waals surface area contributed by atoms with Gasteiger partial charge in [0.25, 0.3) is 11.8 Å². The Bertz CT molecular complexity index is 1430. The normalized spacial score (nSPS) is 21.0. The van der Waals surface area contributed by atoms with Crippen molar-refractivity contribution in [3.05, 3.63) is 41.7 Å². The number of rotatable bonds is 12. The van der Waals surface area contributed by atoms with E-state index >= 15 is 0 Å². The smallest absolute Gasteiger partial charge is 0.278 e. The molecule has 0 aliphatic carbocycles. The van der Waals surface area contributed by atoms with Gasteiger partial charge in [-0.1, -0.05) is 11.3 Å². The number of anilines is 1. The van der Waals surface area contributed by atoms with Crippen LogP contribution in [0.25, 0.3) is 11.0 Å². The van der Waals surface area contributed by atoms with Crippen molar-refractivity contribution in [3.63, 3.8) is 0 Å². The van der Waals surface area contributed by atoms with Crippen LogP contribution in [-0.2, 0) is 37.5 Å². The van der Waals surface area contributed by atoms with Crippen LogP contribution >= 0.6 is 0 Å². The van der Waals surface area contributed by atoms with E-state index in [0.717, 1.165) is 87.6 Å². The molecule has 1 aromatic carbocycles. The van der Waals surface area contributed by atoms with Crippen molar-refractivity contribution in [1.29, 1.82) is 0 Å². The van der Waals surface area contributed by atoms with E-state index in [9.17, 15) is 9.59 Å². The van der Waals surface area contributed by atoms with Gasteiger partial charge >= 0.3 is 0 Å². The Balaban J connectivity index is 1.01. The molecule has 2 atom stereocenters. The summed E-state index contributed by atoms with van der Waals surface area (Å²) >= 11 is 0. The molecule has 46 heavy (non-hydrogen) atoms. The molecular weight excluding hydrogens is 594 g/mol. The third kappa shape index (κ3) is 8.73. The van der Waals surface area contributed by atoms with Crippen LogP contribution in [0.5, 0.6) is 0 Å². The van der Waals surface area contributed by atoms with Gasteiger partial charge in [0.2, 0.25) is 5.95 Å². The van der Waals surface area contributed by atoms with E-state index in [1.807, 2.05) is 19.2 Å². The lowest BCUT2D eigenvalue weighted by molar-refractivity contribution is -0.200. The summed E-state index contributed by atoms with van der Waals surface area (Å²) in [7, 11) is 1.87. The zero-order valence-corrected chi connectivity index (χ0v) is 26.3. The first kappa shape index (κ1) is 32.2. The van der Waals surface area contributed by atoms with E-state index in [1.165, 1.54) is 12.4 Å². The number of aryl methyl sites for hydroxylation is 1. The Morgan fingerprint density at radius 3 is 2.33 bits per heavy atom. The second kappa shape index (κ2) is 15.7. The third-order valence-corrected chi connectivity index (χ3v) is 8.63. The van der Waals surface area contributed by atoms with Crippen LogP contribution in [0.4, 0.5) is 5.95 Å². The van der Waals surface area contributed by atoms with Crippen LogP contribution in [0, 0.1) is 5.92 Å². The highest BCUT2D eigenvalue weighted by atomic mass is 16.8. The molecule has 3 saturated heterocycles. The lowest BCUT2D eigenvalue weighted by atomic mass is 9.96. The third-order valence-electron chi connectivity index (χ3n) is 8.63. The predicted octanol–water partition coefficient (Wildman–Crippen LogP) is 2.24. The zero-order valence-electron chi connectivity index (χ0n) is 26.3. The van der Waals surface area contributed by atoms with E-state index in [0.29, 0.717) is 37.2 Å². The molecule has 3 aliphatic heterocycles. The minimum Gasteiger partial charge on any atom is -0.350 e. The van der Waals surface area contributed by atoms with Crippen LogP contribution < -0.4 is 15.9 Å². The number of hydroxylamine groups is 2. The van der Waals surface area contributed by atoms with Gasteiger partial charge in [-0.15, -0.1) is 5.10 Å². The topological polar surface area (TPSA) is 158 Å². The molecule has 0 radical (unpaired) electrons. The van der Waals surface area contributed by atoms with Crippen molar-refractivity contribution in [3.8, 4) is 0 Å². The molecule has 0 bridgehead atoms. The number of hydrogen-bond donors (Lipinski definition) is 2. The molecular formula is C31H43N9O6. The monoisotopic (exact) mass is 637 g/mol. The maximum Gasteiger partial charge on any atom is 0.278 e. The fraction of sp³-hybridized carbons (Fsp3) is 0.613. The molecule has 248 valence electrons. The van der Waals surface area contributed by atoms with Crippen molar-refractivity contribution in [1.82, 2.24) is 40.8 Å². The summed E-state index contributed by atoms with van der Waals surface area (Å²) in [5.74, 6) is 0.346. The average Bonchev–Trinajstić information content (AvgIpc) is 3.47. The molecule has 2 unspecified atom stereocenters. The Hall–Kier alpha value is -3.76. The number of piperidine rings is 1. The first-order chi connectivity index (χ1) is 22.5. The first-order valence-corrected chi connectivity index (χ1v) is 16.2. The lowest BCUT2D eigenvalue weighted by Crippen LogP contribution is -2.43. The van der Waals surface area contributed by atoms with Gasteiger partial charge in [-0.2, -0.15) is 0 Å². The van der Waals surface area contributed by atoms with Gasteiger partial charge in [-0.25, -0.2) is 35.3 Å². The Morgan fingerprint density at radius 1 is 0.957 bits per heavy atom. The highest BCUT2D eigenvalue weighted by molar-refractivity contribution is 5.92. The van der Waals surface area contributed by atoms with Crippen molar-refractivity contribution < 1.29 is 28.7 Å². The molecule has 2 aromatic heterocycles. The summed E-state index contributed by atoms with van der Waals surface area (Å²) < 4.78 is 12.8. The summed E-state index contributed by atoms with van der Waals surface area (Å²) in [6, 6.07) is 6.10. The number of nitrogens with zero attached hydrogens (tertiary/aromatic N) is 7. The molecule has 0 spiro atoms. The van der Waals surface area contributed by atoms with Crippen molar-refractivity contribution in [2.45, 2.75) is 70.5 Å². The van der Waals surface area contributed by atoms with Crippen molar-refractivity contribution >= 4 is 28.8 Å². The van der Waals surface area contributed by atoms with Gasteiger partial charge in [-0.3, -0.25) is 14.5 Å². The standard InChI is InChI=1S/C31H43N9O6/c1-38-26-9-8-23(16-25(26)34-37-38)20-39(21-27(41)35-45-28-6-2-4-14-43-28)19-22-10-12-40(13-11-22)31-32-17-24(18-33-31)30(42)36-46-29-7-3-5-15-44-29/h8-9,16-18,22,28-29H,2-7,10-15,19-21H2,1H3,(H,35,41)(H,36,42). The molecule has 15 nitrogen and oxygen atoms in total. The molecule has 3 aliphatic rings. The zero-order chi connectivity index (χ0) is 31.7. The molecule has 3 aromatic rings. The number of carbonyl (C=O) groups is 2. The highest BCUT2D eigenvalue weighted by Crippen LogP contribution is 2.23. The molecule has 2 N–H and O–H groups in total. The minimum absolute atomic E-state index is 0.189. The maximum atomic E-state index is 13.0. The van der Waals surface area contributed by atoms with Gasteiger partial charge in [0, 0.05) is 71.7 Å². The lowest BCUT2D eigenvalue weighted by Gasteiger charge is -2.35. The van der Waals surface area contributed by atoms with Crippen LogP contribution in [-0.4, -0.2) is 93.6 Å². The number of nitrogens with one attached hydrogen (secondary N) is 2. The molecule has 2 amide bonds. The van der Waals surface area contributed by atoms with Crippen molar-refractivity contribution in [2.24, 2.45) is 13.0 Å². The summed E-state index contributed by atoms with van der Waals surface area (Å²) in [4.78, 5) is 49.5. The minimum atomic E-state index is -0.420. The predicted molar refractivity (Wildman–Crippen MR) is 166 cm³/mol. The molecule has 0 saturated carbocycles. The maximum absolute atomic E-state index is 13.0. The second-order valence-electron chi connectivity index (χ2n) is 12.2. The van der Waals surface area contributed by atoms with Crippen LogP contribution in [0.15, 0.2) is 30.6 Å². The number of amides is 2. The van der Waals surface area contributed by atoms with Gasteiger partial charge < -0.3 is 14.4 Å². The average molecular weight is 638 g/mol. The Labute approximate surface area is 267 Å². The SMILES string of the molecule is Cn1nnc2cc(CN(CC(=O)NOC3CCCCO3)CC3CCN(c4ncc(C(=O)NOC5CCCCO5)cn4)CC3)ccc21. The van der Waals surface area contributed by atoms with E-state index < -0.39 is 18.5 Å². The summed E-state index contributed by atoms with van der Waals surface area (Å²) in [6.07, 6.45) is 9.60. The summed E-state index contributed by atoms with van der Waals surface area (Å²) in [6.45, 7) is 4.33. The Morgan fingerprint density at radius 2 is 1.65 bits per heavy atom. The van der Waals surface area contributed by atoms with Crippen LogP contribution in [0.2, 0.25) is 0 Å². The van der Waals surface area contributed by atoms with E-state index in [-0.39, 0.29) is 12.5 Å². The van der Waals surface area contributed by atoms with Crippen molar-refractivity contribution in [2.75, 3.05) is 44.3 Å². The number of ether oxygens (including phenoxy) is 2. The number of aromatic nitrogens is 5. The van der Waals surface area contributed by atoms with Gasteiger partial charge in [0.05, 0.1) is 17.6 Å². The fourth-order valence-electron chi connectivity index (χ4n) is 6.06. The van der Waals surface area contributed by atoms with E-state index in [1.54, 1.807) is 4.68 Å². The van der Waals surface area contributed by atoms with Gasteiger partial charge in [-0.05, 0) is 62.1 Å². The quantitative estimate of drug-likeness (QED) is 0.280. The van der Waals surface area contributed by atoms with Gasteiger partial charge in [0.15, 0.2) is 12.6 Å². The second-order valence-corrected chi connectivity index (χ2v) is 12.2. The van der Waals surface area contributed by atoms with Crippen LogP contribution in [0.3, 0.4) is 0 Å².